The lowest BCUT2D eigenvalue weighted by Crippen LogP contribution is -2.32. The number of fused-ring (bicyclic) bond motifs is 3. The van der Waals surface area contributed by atoms with Crippen molar-refractivity contribution in [2.45, 2.75) is 51.1 Å². The van der Waals surface area contributed by atoms with Gasteiger partial charge in [-0.05, 0) is 44.3 Å². The number of hydrogen-bond donors (Lipinski definition) is 0. The zero-order valence-electron chi connectivity index (χ0n) is 9.16. The topological polar surface area (TPSA) is 35.5 Å². The van der Waals surface area contributed by atoms with Crippen molar-refractivity contribution in [2.75, 3.05) is 0 Å². The smallest absolute Gasteiger partial charge is 0.164 e. The van der Waals surface area contributed by atoms with Crippen molar-refractivity contribution in [1.82, 2.24) is 0 Å². The predicted molar refractivity (Wildman–Crippen MR) is 54.3 cm³/mol. The van der Waals surface area contributed by atoms with Crippen LogP contribution in [0.4, 0.5) is 0 Å². The molecule has 2 fully saturated rings. The van der Waals surface area contributed by atoms with Crippen LogP contribution in [-0.2, 0) is 14.3 Å². The van der Waals surface area contributed by atoms with E-state index in [-0.39, 0.29) is 18.0 Å². The Morgan fingerprint density at radius 3 is 2.93 bits per heavy atom. The van der Waals surface area contributed by atoms with Crippen molar-refractivity contribution in [3.8, 4) is 0 Å². The average molecular weight is 208 g/mol. The number of carbonyl (C=O) groups is 1. The van der Waals surface area contributed by atoms with Gasteiger partial charge in [0.15, 0.2) is 11.6 Å². The Morgan fingerprint density at radius 2 is 2.13 bits per heavy atom. The maximum Gasteiger partial charge on any atom is 0.164 e. The molecule has 1 aliphatic heterocycles. The van der Waals surface area contributed by atoms with Crippen molar-refractivity contribution in [3.05, 3.63) is 11.6 Å². The molecule has 2 aliphatic carbocycles. The largest absolute Gasteiger partial charge is 0.344 e. The van der Waals surface area contributed by atoms with Crippen molar-refractivity contribution in [3.63, 3.8) is 0 Å². The number of rotatable bonds is 0. The van der Waals surface area contributed by atoms with E-state index in [0.717, 1.165) is 12.8 Å². The first kappa shape index (κ1) is 9.55. The second-order valence-corrected chi connectivity index (χ2v) is 5.18. The summed E-state index contributed by atoms with van der Waals surface area (Å²) in [5, 5.41) is 0. The highest BCUT2D eigenvalue weighted by atomic mass is 16.7. The Kier molecular flexibility index (Phi) is 1.86. The first-order valence-corrected chi connectivity index (χ1v) is 5.65. The van der Waals surface area contributed by atoms with Crippen molar-refractivity contribution >= 4 is 5.78 Å². The summed E-state index contributed by atoms with van der Waals surface area (Å²) < 4.78 is 11.7. The van der Waals surface area contributed by atoms with E-state index in [0.29, 0.717) is 12.3 Å². The van der Waals surface area contributed by atoms with Gasteiger partial charge in [-0.15, -0.1) is 0 Å². The van der Waals surface area contributed by atoms with Crippen LogP contribution in [0.1, 0.15) is 33.1 Å². The van der Waals surface area contributed by atoms with E-state index in [1.807, 2.05) is 13.8 Å². The molecule has 3 atom stereocenters. The molecule has 0 aromatic carbocycles. The summed E-state index contributed by atoms with van der Waals surface area (Å²) in [7, 11) is 0. The van der Waals surface area contributed by atoms with Crippen LogP contribution in [0.3, 0.4) is 0 Å². The molecule has 3 aliphatic rings. The second-order valence-electron chi connectivity index (χ2n) is 5.18. The Bertz CT molecular complexity index is 343. The molecular formula is C12H16O3. The fourth-order valence-corrected chi connectivity index (χ4v) is 3.00. The lowest BCUT2D eigenvalue weighted by atomic mass is 9.82. The molecule has 0 aromatic heterocycles. The van der Waals surface area contributed by atoms with Gasteiger partial charge in [-0.1, -0.05) is 0 Å². The Labute approximate surface area is 89.4 Å². The zero-order chi connectivity index (χ0) is 10.6. The van der Waals surface area contributed by atoms with Crippen LogP contribution in [0.15, 0.2) is 11.6 Å². The standard InChI is InChI=1S/C12H16O3/c1-12(2)14-10-4-3-7-5-8(13)6-9(7)11(10)15-12/h6-7,10-11H,3-5H2,1-2H3/t7-,10+,11+/m1/s1. The van der Waals surface area contributed by atoms with Crippen LogP contribution in [0.2, 0.25) is 0 Å². The molecule has 1 heterocycles. The summed E-state index contributed by atoms with van der Waals surface area (Å²) >= 11 is 0. The van der Waals surface area contributed by atoms with Gasteiger partial charge in [-0.25, -0.2) is 0 Å². The average Bonchev–Trinajstić information content (AvgIpc) is 2.62. The van der Waals surface area contributed by atoms with Crippen LogP contribution in [0, 0.1) is 5.92 Å². The molecule has 0 amide bonds. The molecule has 0 unspecified atom stereocenters. The lowest BCUT2D eigenvalue weighted by Gasteiger charge is -2.28. The molecule has 0 aromatic rings. The summed E-state index contributed by atoms with van der Waals surface area (Å²) in [5.41, 5.74) is 1.18. The molecule has 0 bridgehead atoms. The highest BCUT2D eigenvalue weighted by Crippen LogP contribution is 2.45. The Hall–Kier alpha value is -0.670. The van der Waals surface area contributed by atoms with Gasteiger partial charge in [0.2, 0.25) is 0 Å². The monoisotopic (exact) mass is 208 g/mol. The van der Waals surface area contributed by atoms with E-state index in [1.54, 1.807) is 6.08 Å². The summed E-state index contributed by atoms with van der Waals surface area (Å²) in [6.45, 7) is 3.88. The maximum atomic E-state index is 11.4. The summed E-state index contributed by atoms with van der Waals surface area (Å²) in [6, 6.07) is 0. The van der Waals surface area contributed by atoms with Gasteiger partial charge < -0.3 is 9.47 Å². The van der Waals surface area contributed by atoms with Gasteiger partial charge in [-0.2, -0.15) is 0 Å². The fraction of sp³-hybridized carbons (Fsp3) is 0.750. The van der Waals surface area contributed by atoms with Crippen molar-refractivity contribution < 1.29 is 14.3 Å². The van der Waals surface area contributed by atoms with E-state index in [4.69, 9.17) is 9.47 Å². The lowest BCUT2D eigenvalue weighted by molar-refractivity contribution is -0.143. The third-order valence-corrected chi connectivity index (χ3v) is 3.56. The molecule has 15 heavy (non-hydrogen) atoms. The van der Waals surface area contributed by atoms with Crippen LogP contribution in [0.5, 0.6) is 0 Å². The highest BCUT2D eigenvalue weighted by molar-refractivity contribution is 5.93. The van der Waals surface area contributed by atoms with Gasteiger partial charge in [0.25, 0.3) is 0 Å². The molecule has 3 rings (SSSR count). The second kappa shape index (κ2) is 2.92. The predicted octanol–water partition coefficient (Wildman–Crippen LogP) is 1.82. The maximum absolute atomic E-state index is 11.4. The molecule has 1 saturated carbocycles. The van der Waals surface area contributed by atoms with Gasteiger partial charge in [0, 0.05) is 6.42 Å². The highest BCUT2D eigenvalue weighted by Gasteiger charge is 2.48. The third kappa shape index (κ3) is 1.45. The fourth-order valence-electron chi connectivity index (χ4n) is 3.00. The number of ether oxygens (including phenoxy) is 2. The van der Waals surface area contributed by atoms with E-state index in [1.165, 1.54) is 5.57 Å². The zero-order valence-corrected chi connectivity index (χ0v) is 9.16. The quantitative estimate of drug-likeness (QED) is 0.609. The number of hydrogen-bond acceptors (Lipinski definition) is 3. The summed E-state index contributed by atoms with van der Waals surface area (Å²) in [4.78, 5) is 11.4. The van der Waals surface area contributed by atoms with E-state index < -0.39 is 5.79 Å². The summed E-state index contributed by atoms with van der Waals surface area (Å²) in [5.74, 6) is 0.191. The minimum absolute atomic E-state index is 0.0326. The third-order valence-electron chi connectivity index (χ3n) is 3.56. The molecule has 0 N–H and O–H groups in total. The van der Waals surface area contributed by atoms with Crippen LogP contribution >= 0.6 is 0 Å². The van der Waals surface area contributed by atoms with Crippen molar-refractivity contribution in [2.24, 2.45) is 5.92 Å². The van der Waals surface area contributed by atoms with Gasteiger partial charge in [0.05, 0.1) is 6.10 Å². The van der Waals surface area contributed by atoms with Gasteiger partial charge in [0.1, 0.15) is 6.10 Å². The molecule has 82 valence electrons. The molecule has 3 heteroatoms. The minimum Gasteiger partial charge on any atom is -0.344 e. The van der Waals surface area contributed by atoms with Crippen LogP contribution in [0.25, 0.3) is 0 Å². The first-order valence-electron chi connectivity index (χ1n) is 5.65. The number of carbonyl (C=O) groups excluding carboxylic acids is 1. The Balaban J connectivity index is 1.91. The molecule has 1 saturated heterocycles. The van der Waals surface area contributed by atoms with Crippen LogP contribution < -0.4 is 0 Å². The van der Waals surface area contributed by atoms with E-state index in [9.17, 15) is 4.79 Å². The molecule has 0 spiro atoms. The van der Waals surface area contributed by atoms with E-state index >= 15 is 0 Å². The number of ketones is 1. The van der Waals surface area contributed by atoms with Crippen LogP contribution in [-0.4, -0.2) is 23.8 Å². The normalized spacial score (nSPS) is 42.4. The SMILES string of the molecule is CC1(C)O[C@H]2CC[C@@H]3CC(=O)C=C3[C@@H]2O1. The van der Waals surface area contributed by atoms with Gasteiger partial charge in [-0.3, -0.25) is 4.79 Å². The Morgan fingerprint density at radius 1 is 1.33 bits per heavy atom. The minimum atomic E-state index is -0.489. The van der Waals surface area contributed by atoms with E-state index in [2.05, 4.69) is 0 Å². The molecular weight excluding hydrogens is 192 g/mol. The van der Waals surface area contributed by atoms with Gasteiger partial charge >= 0.3 is 0 Å². The molecule has 0 radical (unpaired) electrons. The summed E-state index contributed by atoms with van der Waals surface area (Å²) in [6.07, 6.45) is 4.74. The number of allylic oxidation sites excluding steroid dienone is 1. The first-order chi connectivity index (χ1) is 7.05. The van der Waals surface area contributed by atoms with Crippen molar-refractivity contribution in [1.29, 1.82) is 0 Å². The molecule has 3 nitrogen and oxygen atoms in total.